The van der Waals surface area contributed by atoms with Gasteiger partial charge in [-0.2, -0.15) is 0 Å². The van der Waals surface area contributed by atoms with Gasteiger partial charge < -0.3 is 14.8 Å². The van der Waals surface area contributed by atoms with Crippen LogP contribution in [-0.4, -0.2) is 51.4 Å². The number of hydrogen-bond acceptors (Lipinski definition) is 4. The average molecular weight is 292 g/mol. The van der Waals surface area contributed by atoms with E-state index in [0.717, 1.165) is 38.5 Å². The summed E-state index contributed by atoms with van der Waals surface area (Å²) in [5, 5.41) is 3.18. The van der Waals surface area contributed by atoms with Crippen LogP contribution in [0.2, 0.25) is 0 Å². The number of likely N-dealkylation sites (tertiary alicyclic amines) is 1. The minimum atomic E-state index is 0.357. The van der Waals surface area contributed by atoms with Crippen LogP contribution in [0.1, 0.15) is 18.9 Å². The van der Waals surface area contributed by atoms with Crippen LogP contribution in [0.15, 0.2) is 24.3 Å². The molecule has 1 aliphatic rings. The van der Waals surface area contributed by atoms with Crippen LogP contribution in [0.3, 0.4) is 0 Å². The number of para-hydroxylation sites is 1. The highest BCUT2D eigenvalue weighted by Crippen LogP contribution is 2.20. The van der Waals surface area contributed by atoms with E-state index in [1.54, 1.807) is 0 Å². The van der Waals surface area contributed by atoms with E-state index in [9.17, 15) is 0 Å². The van der Waals surface area contributed by atoms with Gasteiger partial charge in [0.15, 0.2) is 0 Å². The first-order chi connectivity index (χ1) is 10.2. The van der Waals surface area contributed by atoms with Crippen molar-refractivity contribution in [3.63, 3.8) is 0 Å². The van der Waals surface area contributed by atoms with Crippen molar-refractivity contribution in [2.75, 3.05) is 40.4 Å². The smallest absolute Gasteiger partial charge is 0.123 e. The summed E-state index contributed by atoms with van der Waals surface area (Å²) in [4.78, 5) is 2.44. The fraction of sp³-hybridized carbons (Fsp3) is 0.647. The number of methoxy groups -OCH3 is 1. The van der Waals surface area contributed by atoms with Gasteiger partial charge in [-0.3, -0.25) is 4.90 Å². The summed E-state index contributed by atoms with van der Waals surface area (Å²) in [6.07, 6.45) is 1.56. The zero-order chi connectivity index (χ0) is 15.1. The summed E-state index contributed by atoms with van der Waals surface area (Å²) in [6.45, 7) is 6.95. The van der Waals surface area contributed by atoms with Gasteiger partial charge >= 0.3 is 0 Å². The Morgan fingerprint density at radius 3 is 2.90 bits per heavy atom. The van der Waals surface area contributed by atoms with E-state index in [0.29, 0.717) is 12.0 Å². The van der Waals surface area contributed by atoms with Crippen molar-refractivity contribution in [1.82, 2.24) is 10.2 Å². The van der Waals surface area contributed by atoms with Gasteiger partial charge in [0.05, 0.1) is 6.10 Å². The molecule has 2 unspecified atom stereocenters. The normalized spacial score (nSPS) is 23.2. The van der Waals surface area contributed by atoms with Crippen LogP contribution >= 0.6 is 0 Å². The molecule has 0 spiro atoms. The molecule has 4 heteroatoms. The van der Waals surface area contributed by atoms with E-state index < -0.39 is 0 Å². The van der Waals surface area contributed by atoms with Crippen molar-refractivity contribution in [3.8, 4) is 5.75 Å². The van der Waals surface area contributed by atoms with Crippen molar-refractivity contribution in [2.45, 2.75) is 26.0 Å². The van der Waals surface area contributed by atoms with Gasteiger partial charge in [-0.15, -0.1) is 0 Å². The second kappa shape index (κ2) is 8.37. The Balaban J connectivity index is 1.79. The number of nitrogens with one attached hydrogen (secondary N) is 1. The Bertz CT molecular complexity index is 425. The topological polar surface area (TPSA) is 33.7 Å². The van der Waals surface area contributed by atoms with Crippen molar-refractivity contribution in [2.24, 2.45) is 5.92 Å². The van der Waals surface area contributed by atoms with Gasteiger partial charge in [0.1, 0.15) is 12.4 Å². The van der Waals surface area contributed by atoms with E-state index in [4.69, 9.17) is 9.47 Å². The summed E-state index contributed by atoms with van der Waals surface area (Å²) in [5.41, 5.74) is 1.21. The lowest BCUT2D eigenvalue weighted by Crippen LogP contribution is -2.45. The number of ether oxygens (including phenoxy) is 2. The Morgan fingerprint density at radius 1 is 1.33 bits per heavy atom. The molecule has 1 heterocycles. The molecule has 0 aromatic heterocycles. The van der Waals surface area contributed by atoms with Crippen LogP contribution in [0.4, 0.5) is 0 Å². The quantitative estimate of drug-likeness (QED) is 0.835. The SMILES string of the molecule is CNCc1ccccc1OCCN1CCC(C)C(OC)C1. The molecule has 118 valence electrons. The first-order valence-corrected chi connectivity index (χ1v) is 7.85. The Hall–Kier alpha value is -1.10. The first kappa shape index (κ1) is 16.3. The third kappa shape index (κ3) is 4.70. The molecule has 0 saturated carbocycles. The molecule has 0 aliphatic carbocycles. The molecule has 0 amide bonds. The number of benzene rings is 1. The Morgan fingerprint density at radius 2 is 2.14 bits per heavy atom. The summed E-state index contributed by atoms with van der Waals surface area (Å²) in [5.74, 6) is 1.64. The minimum Gasteiger partial charge on any atom is -0.492 e. The van der Waals surface area contributed by atoms with Crippen molar-refractivity contribution < 1.29 is 9.47 Å². The van der Waals surface area contributed by atoms with Gasteiger partial charge in [0.2, 0.25) is 0 Å². The maximum absolute atomic E-state index is 5.97. The maximum atomic E-state index is 5.97. The van der Waals surface area contributed by atoms with Crippen LogP contribution < -0.4 is 10.1 Å². The predicted octanol–water partition coefficient (Wildman–Crippen LogP) is 2.14. The molecule has 21 heavy (non-hydrogen) atoms. The fourth-order valence-electron chi connectivity index (χ4n) is 2.87. The third-order valence-electron chi connectivity index (χ3n) is 4.28. The van der Waals surface area contributed by atoms with Gasteiger partial charge in [-0.1, -0.05) is 25.1 Å². The molecule has 1 N–H and O–H groups in total. The van der Waals surface area contributed by atoms with Crippen LogP contribution in [0, 0.1) is 5.92 Å². The average Bonchev–Trinajstić information content (AvgIpc) is 2.51. The van der Waals surface area contributed by atoms with Crippen LogP contribution in [0.5, 0.6) is 5.75 Å². The molecular weight excluding hydrogens is 264 g/mol. The van der Waals surface area contributed by atoms with Crippen LogP contribution in [-0.2, 0) is 11.3 Å². The molecule has 0 radical (unpaired) electrons. The lowest BCUT2D eigenvalue weighted by molar-refractivity contribution is -0.00791. The highest BCUT2D eigenvalue weighted by molar-refractivity contribution is 5.33. The highest BCUT2D eigenvalue weighted by Gasteiger charge is 2.25. The van der Waals surface area contributed by atoms with Gasteiger partial charge in [-0.25, -0.2) is 0 Å². The van der Waals surface area contributed by atoms with E-state index in [1.165, 1.54) is 12.0 Å². The van der Waals surface area contributed by atoms with Gasteiger partial charge in [0.25, 0.3) is 0 Å². The summed E-state index contributed by atoms with van der Waals surface area (Å²) < 4.78 is 11.5. The monoisotopic (exact) mass is 292 g/mol. The molecule has 1 aromatic rings. The Kier molecular flexibility index (Phi) is 6.49. The molecule has 1 aromatic carbocycles. The predicted molar refractivity (Wildman–Crippen MR) is 85.7 cm³/mol. The van der Waals surface area contributed by atoms with E-state index in [1.807, 2.05) is 26.3 Å². The zero-order valence-electron chi connectivity index (χ0n) is 13.5. The van der Waals surface area contributed by atoms with Crippen molar-refractivity contribution >= 4 is 0 Å². The summed E-state index contributed by atoms with van der Waals surface area (Å²) in [7, 11) is 3.77. The van der Waals surface area contributed by atoms with Crippen LogP contribution in [0.25, 0.3) is 0 Å². The maximum Gasteiger partial charge on any atom is 0.123 e. The van der Waals surface area contributed by atoms with Crippen molar-refractivity contribution in [3.05, 3.63) is 29.8 Å². The second-order valence-electron chi connectivity index (χ2n) is 5.83. The number of nitrogens with zero attached hydrogens (tertiary/aromatic N) is 1. The van der Waals surface area contributed by atoms with Gasteiger partial charge in [-0.05, 0) is 32.0 Å². The van der Waals surface area contributed by atoms with E-state index in [-0.39, 0.29) is 0 Å². The van der Waals surface area contributed by atoms with Crippen molar-refractivity contribution in [1.29, 1.82) is 0 Å². The number of hydrogen-bond donors (Lipinski definition) is 1. The molecular formula is C17H28N2O2. The van der Waals surface area contributed by atoms with E-state index in [2.05, 4.69) is 29.3 Å². The second-order valence-corrected chi connectivity index (χ2v) is 5.83. The molecule has 1 saturated heterocycles. The highest BCUT2D eigenvalue weighted by atomic mass is 16.5. The molecule has 4 nitrogen and oxygen atoms in total. The standard InChI is InChI=1S/C17H28N2O2/c1-14-8-9-19(13-17(14)20-3)10-11-21-16-7-5-4-6-15(16)12-18-2/h4-7,14,17-18H,8-13H2,1-3H3. The minimum absolute atomic E-state index is 0.357. The molecule has 0 bridgehead atoms. The zero-order valence-corrected chi connectivity index (χ0v) is 13.5. The summed E-state index contributed by atoms with van der Waals surface area (Å²) in [6, 6.07) is 8.23. The molecule has 1 fully saturated rings. The fourth-order valence-corrected chi connectivity index (χ4v) is 2.87. The molecule has 2 rings (SSSR count). The van der Waals surface area contributed by atoms with Gasteiger partial charge in [0, 0.05) is 32.3 Å². The molecule has 2 atom stereocenters. The first-order valence-electron chi connectivity index (χ1n) is 7.85. The number of rotatable bonds is 7. The number of piperidine rings is 1. The lowest BCUT2D eigenvalue weighted by atomic mass is 9.96. The van der Waals surface area contributed by atoms with E-state index >= 15 is 0 Å². The molecule has 1 aliphatic heterocycles. The Labute approximate surface area is 128 Å². The third-order valence-corrected chi connectivity index (χ3v) is 4.28. The summed E-state index contributed by atoms with van der Waals surface area (Å²) >= 11 is 0. The largest absolute Gasteiger partial charge is 0.492 e. The lowest BCUT2D eigenvalue weighted by Gasteiger charge is -2.36.